The summed E-state index contributed by atoms with van der Waals surface area (Å²) in [6, 6.07) is 19.6. The van der Waals surface area contributed by atoms with E-state index in [0.717, 1.165) is 32.9 Å². The highest BCUT2D eigenvalue weighted by Crippen LogP contribution is 2.42. The summed E-state index contributed by atoms with van der Waals surface area (Å²) < 4.78 is 29.7. The first-order chi connectivity index (χ1) is 18.5. The first kappa shape index (κ1) is 24.8. The summed E-state index contributed by atoms with van der Waals surface area (Å²) in [5.41, 5.74) is 4.68. The van der Waals surface area contributed by atoms with Crippen molar-refractivity contribution in [3.8, 4) is 28.5 Å². The third-order valence-electron chi connectivity index (χ3n) is 6.23. The molecule has 5 rings (SSSR count). The van der Waals surface area contributed by atoms with Gasteiger partial charge in [0.25, 0.3) is 0 Å². The second kappa shape index (κ2) is 10.6. The number of hydrogen-bond acceptors (Lipinski definition) is 5. The van der Waals surface area contributed by atoms with Crippen LogP contribution in [-0.2, 0) is 11.3 Å². The molecule has 0 radical (unpaired) electrons. The predicted octanol–water partition coefficient (Wildman–Crippen LogP) is 5.88. The molecule has 0 bridgehead atoms. The van der Waals surface area contributed by atoms with Crippen molar-refractivity contribution in [1.29, 1.82) is 0 Å². The number of hydrogen-bond donors (Lipinski definition) is 2. The number of nitrogens with one attached hydrogen (secondary N) is 2. The zero-order chi connectivity index (χ0) is 26.6. The molecule has 0 spiro atoms. The fourth-order valence-corrected chi connectivity index (χ4v) is 4.40. The summed E-state index contributed by atoms with van der Waals surface area (Å²) in [5.74, 6) is 0.899. The number of H-pyrrole nitrogens is 1. The summed E-state index contributed by atoms with van der Waals surface area (Å²) in [5, 5.41) is 4.91. The van der Waals surface area contributed by atoms with Crippen LogP contribution < -0.4 is 19.5 Å². The van der Waals surface area contributed by atoms with E-state index < -0.39 is 0 Å². The Labute approximate surface area is 218 Å². The van der Waals surface area contributed by atoms with Crippen LogP contribution in [0.5, 0.6) is 17.2 Å². The fraction of sp³-hybridized carbons (Fsp3) is 0.133. The predicted molar refractivity (Wildman–Crippen MR) is 146 cm³/mol. The van der Waals surface area contributed by atoms with Gasteiger partial charge in [0.2, 0.25) is 11.7 Å². The molecule has 0 saturated carbocycles. The maximum Gasteiger partial charge on any atom is 0.244 e. The van der Waals surface area contributed by atoms with E-state index in [-0.39, 0.29) is 18.3 Å². The molecule has 0 aliphatic rings. The quantitative estimate of drug-likeness (QED) is 0.254. The lowest BCUT2D eigenvalue weighted by Gasteiger charge is -2.15. The topological polar surface area (TPSA) is 85.5 Å². The summed E-state index contributed by atoms with van der Waals surface area (Å²) >= 11 is 0. The number of halogens is 1. The molecule has 192 valence electrons. The minimum absolute atomic E-state index is 0.208. The van der Waals surface area contributed by atoms with Gasteiger partial charge in [-0.25, -0.2) is 9.37 Å². The molecular weight excluding hydrogens is 485 g/mol. The van der Waals surface area contributed by atoms with Gasteiger partial charge in [0, 0.05) is 27.9 Å². The molecule has 0 saturated heterocycles. The number of fused-ring (bicyclic) bond motifs is 3. The van der Waals surface area contributed by atoms with E-state index in [1.165, 1.54) is 18.2 Å². The van der Waals surface area contributed by atoms with Crippen LogP contribution in [0.3, 0.4) is 0 Å². The minimum Gasteiger partial charge on any atom is -0.493 e. The highest BCUT2D eigenvalue weighted by molar-refractivity contribution is 6.11. The number of benzene rings is 3. The smallest absolute Gasteiger partial charge is 0.244 e. The van der Waals surface area contributed by atoms with Crippen molar-refractivity contribution in [2.75, 3.05) is 21.3 Å². The van der Waals surface area contributed by atoms with Crippen molar-refractivity contribution in [1.82, 2.24) is 15.3 Å². The molecule has 3 aromatic carbocycles. The Kier molecular flexibility index (Phi) is 6.95. The third kappa shape index (κ3) is 4.88. The Bertz CT molecular complexity index is 1630. The van der Waals surface area contributed by atoms with Crippen molar-refractivity contribution in [2.45, 2.75) is 6.54 Å². The van der Waals surface area contributed by atoms with E-state index in [9.17, 15) is 9.18 Å². The van der Waals surface area contributed by atoms with Crippen LogP contribution in [-0.4, -0.2) is 37.2 Å². The van der Waals surface area contributed by atoms with Crippen LogP contribution in [0.2, 0.25) is 0 Å². The molecule has 0 aliphatic carbocycles. The number of aromatic nitrogens is 2. The average Bonchev–Trinajstić information content (AvgIpc) is 3.33. The highest BCUT2D eigenvalue weighted by Gasteiger charge is 2.19. The number of carbonyl (C=O) groups is 1. The Hall–Kier alpha value is -4.85. The molecule has 7 nitrogen and oxygen atoms in total. The van der Waals surface area contributed by atoms with Crippen LogP contribution in [0, 0.1) is 5.82 Å². The largest absolute Gasteiger partial charge is 0.493 e. The molecule has 0 unspecified atom stereocenters. The van der Waals surface area contributed by atoms with Gasteiger partial charge in [0.1, 0.15) is 5.82 Å². The molecule has 2 heterocycles. The lowest BCUT2D eigenvalue weighted by atomic mass is 10.1. The number of aromatic amines is 1. The Morgan fingerprint density at radius 3 is 2.34 bits per heavy atom. The Morgan fingerprint density at radius 2 is 1.66 bits per heavy atom. The Balaban J connectivity index is 1.54. The van der Waals surface area contributed by atoms with Gasteiger partial charge in [-0.15, -0.1) is 0 Å². The number of carbonyl (C=O) groups excluding carboxylic acids is 1. The summed E-state index contributed by atoms with van der Waals surface area (Å²) in [6.45, 7) is 0.208. The number of pyridine rings is 1. The second-order valence-electron chi connectivity index (χ2n) is 8.57. The van der Waals surface area contributed by atoms with Gasteiger partial charge in [-0.05, 0) is 48.0 Å². The fourth-order valence-electron chi connectivity index (χ4n) is 4.40. The minimum atomic E-state index is -0.326. The first-order valence-corrected chi connectivity index (χ1v) is 11.9. The van der Waals surface area contributed by atoms with Crippen LogP contribution in [0.15, 0.2) is 72.8 Å². The maximum atomic E-state index is 13.1. The van der Waals surface area contributed by atoms with E-state index >= 15 is 0 Å². The third-order valence-corrected chi connectivity index (χ3v) is 6.23. The first-order valence-electron chi connectivity index (χ1n) is 11.9. The molecule has 2 N–H and O–H groups in total. The lowest BCUT2D eigenvalue weighted by molar-refractivity contribution is -0.116. The van der Waals surface area contributed by atoms with Crippen molar-refractivity contribution in [3.05, 3.63) is 89.9 Å². The van der Waals surface area contributed by atoms with Gasteiger partial charge in [0.15, 0.2) is 11.5 Å². The summed E-state index contributed by atoms with van der Waals surface area (Å²) in [6.07, 6.45) is 3.05. The number of amides is 1. The number of methoxy groups -OCH3 is 3. The molecule has 5 aromatic rings. The zero-order valence-electron chi connectivity index (χ0n) is 21.2. The van der Waals surface area contributed by atoms with Crippen molar-refractivity contribution < 1.29 is 23.4 Å². The molecule has 1 amide bonds. The zero-order valence-corrected chi connectivity index (χ0v) is 21.2. The standard InChI is InChI=1S/C30H26FN3O4/c1-36-25-14-19(15-26(37-2)30(25)38-3)28-29-23(22-6-4-5-7-24(22)34-29)16-21(33-28)17-32-27(35)13-10-18-8-11-20(31)12-9-18/h4-16,34H,17H2,1-3H3,(H,32,35)/b13-10+. The second-order valence-corrected chi connectivity index (χ2v) is 8.57. The van der Waals surface area contributed by atoms with Gasteiger partial charge < -0.3 is 24.5 Å². The number of ether oxygens (including phenoxy) is 3. The van der Waals surface area contributed by atoms with Crippen molar-refractivity contribution in [2.24, 2.45) is 0 Å². The van der Waals surface area contributed by atoms with Crippen molar-refractivity contribution in [3.63, 3.8) is 0 Å². The van der Waals surface area contributed by atoms with Crippen LogP contribution in [0.25, 0.3) is 39.1 Å². The van der Waals surface area contributed by atoms with E-state index in [4.69, 9.17) is 19.2 Å². The molecule has 0 aliphatic heterocycles. The van der Waals surface area contributed by atoms with E-state index in [0.29, 0.717) is 28.6 Å². The summed E-state index contributed by atoms with van der Waals surface area (Å²) in [4.78, 5) is 20.9. The SMILES string of the molecule is COc1cc(-c2nc(CNC(=O)/C=C/c3ccc(F)cc3)cc3c2[nH]c2ccccc23)cc(OC)c1OC. The van der Waals surface area contributed by atoms with Gasteiger partial charge in [-0.2, -0.15) is 0 Å². The van der Waals surface area contributed by atoms with Crippen LogP contribution >= 0.6 is 0 Å². The van der Waals surface area contributed by atoms with E-state index in [2.05, 4.69) is 10.3 Å². The van der Waals surface area contributed by atoms with Gasteiger partial charge >= 0.3 is 0 Å². The lowest BCUT2D eigenvalue weighted by Crippen LogP contribution is -2.21. The van der Waals surface area contributed by atoms with Gasteiger partial charge in [-0.1, -0.05) is 30.3 Å². The monoisotopic (exact) mass is 511 g/mol. The molecule has 0 fully saturated rings. The average molecular weight is 512 g/mol. The van der Waals surface area contributed by atoms with E-state index in [1.807, 2.05) is 42.5 Å². The van der Waals surface area contributed by atoms with Crippen LogP contribution in [0.4, 0.5) is 4.39 Å². The van der Waals surface area contributed by atoms with Crippen LogP contribution in [0.1, 0.15) is 11.3 Å². The Morgan fingerprint density at radius 1 is 0.947 bits per heavy atom. The van der Waals surface area contributed by atoms with Crippen molar-refractivity contribution >= 4 is 33.8 Å². The molecule has 8 heteroatoms. The normalized spacial score (nSPS) is 11.3. The van der Waals surface area contributed by atoms with Gasteiger partial charge in [-0.3, -0.25) is 4.79 Å². The molecule has 2 aromatic heterocycles. The number of para-hydroxylation sites is 1. The highest BCUT2D eigenvalue weighted by atomic mass is 19.1. The molecular formula is C30H26FN3O4. The molecule has 38 heavy (non-hydrogen) atoms. The summed E-state index contributed by atoms with van der Waals surface area (Å²) in [7, 11) is 4.69. The maximum absolute atomic E-state index is 13.1. The van der Waals surface area contributed by atoms with Gasteiger partial charge in [0.05, 0.1) is 44.8 Å². The number of nitrogens with zero attached hydrogens (tertiary/aromatic N) is 1. The molecule has 0 atom stereocenters. The number of rotatable bonds is 8. The van der Waals surface area contributed by atoms with E-state index in [1.54, 1.807) is 39.5 Å².